The van der Waals surface area contributed by atoms with E-state index >= 15 is 4.39 Å². The minimum absolute atomic E-state index is 0.0664. The largest absolute Gasteiger partial charge is 0.419 e. The van der Waals surface area contributed by atoms with E-state index in [1.807, 2.05) is 0 Å². The molecule has 1 saturated carbocycles. The molecule has 1 aliphatic carbocycles. The Bertz CT molecular complexity index is 1700. The maximum absolute atomic E-state index is 15.1. The van der Waals surface area contributed by atoms with E-state index in [0.717, 1.165) is 31.2 Å². The van der Waals surface area contributed by atoms with Crippen molar-refractivity contribution in [2.75, 3.05) is 10.6 Å². The van der Waals surface area contributed by atoms with E-state index in [4.69, 9.17) is 34.8 Å². The van der Waals surface area contributed by atoms with Crippen LogP contribution in [-0.2, 0) is 26.9 Å². The van der Waals surface area contributed by atoms with Crippen molar-refractivity contribution in [2.45, 2.75) is 42.5 Å². The van der Waals surface area contributed by atoms with Crippen LogP contribution in [0.2, 0.25) is 5.02 Å². The van der Waals surface area contributed by atoms with Gasteiger partial charge in [0.25, 0.3) is 5.91 Å². The number of anilines is 2. The van der Waals surface area contributed by atoms with Gasteiger partial charge in [-0.2, -0.15) is 22.0 Å². The quantitative estimate of drug-likeness (QED) is 0.163. The Morgan fingerprint density at radius 2 is 1.61 bits per heavy atom. The van der Waals surface area contributed by atoms with Gasteiger partial charge in [0, 0.05) is 23.6 Å². The standard InChI is InChI=1S/C29H19Cl3F8N2O4/c1-11(46-27(36)37)21(43)10-15-18(33)6-7-20(24(15)35)42-25(44)14-9-13(3-4-17(14)30)41-26(45)23-22(28(23,31)32)12-2-5-19(34)16(8-12)29(38,39)40/h2-9,11,22-23,27H,10H2,1H3,(H,41,45)(H,42,44)/t11?,22-,23+/m0/s1. The molecule has 1 aliphatic rings. The average Bonchev–Trinajstić information content (AvgIpc) is 3.54. The zero-order valence-corrected chi connectivity index (χ0v) is 25.2. The van der Waals surface area contributed by atoms with E-state index in [9.17, 15) is 45.1 Å². The van der Waals surface area contributed by atoms with Crippen LogP contribution >= 0.6 is 34.8 Å². The molecule has 0 aromatic heterocycles. The number of amides is 2. The van der Waals surface area contributed by atoms with Crippen molar-refractivity contribution in [3.8, 4) is 0 Å². The second kappa shape index (κ2) is 13.3. The van der Waals surface area contributed by atoms with Crippen LogP contribution in [0.4, 0.5) is 46.5 Å². The molecule has 0 aliphatic heterocycles. The zero-order valence-electron chi connectivity index (χ0n) is 22.9. The molecule has 0 bridgehead atoms. The smallest absolute Gasteiger partial charge is 0.326 e. The van der Waals surface area contributed by atoms with Crippen LogP contribution in [0.25, 0.3) is 0 Å². The lowest BCUT2D eigenvalue weighted by Crippen LogP contribution is -2.25. The Morgan fingerprint density at radius 1 is 0.957 bits per heavy atom. The van der Waals surface area contributed by atoms with Gasteiger partial charge < -0.3 is 15.4 Å². The number of alkyl halides is 7. The number of nitrogens with one attached hydrogen (secondary N) is 2. The minimum atomic E-state index is -5.02. The number of hydrogen-bond donors (Lipinski definition) is 2. The molecule has 3 aromatic carbocycles. The lowest BCUT2D eigenvalue weighted by Gasteiger charge is -2.14. The first-order valence-electron chi connectivity index (χ1n) is 12.9. The van der Waals surface area contributed by atoms with Crippen molar-refractivity contribution < 1.29 is 54.2 Å². The molecule has 3 atom stereocenters. The fourth-order valence-electron chi connectivity index (χ4n) is 4.61. The molecule has 46 heavy (non-hydrogen) atoms. The number of Topliss-reactive ketones (excluding diaryl/α,β-unsaturated/α-hetero) is 1. The molecular formula is C29H19Cl3F8N2O4. The third-order valence-electron chi connectivity index (χ3n) is 7.02. The van der Waals surface area contributed by atoms with Gasteiger partial charge in [0.1, 0.15) is 22.1 Å². The van der Waals surface area contributed by atoms with E-state index in [-0.39, 0.29) is 21.8 Å². The number of carbonyl (C=O) groups excluding carboxylic acids is 3. The molecule has 2 N–H and O–H groups in total. The maximum atomic E-state index is 15.1. The first-order valence-corrected chi connectivity index (χ1v) is 14.1. The number of hydrogen-bond acceptors (Lipinski definition) is 4. The van der Waals surface area contributed by atoms with Gasteiger partial charge in [0.05, 0.1) is 27.8 Å². The van der Waals surface area contributed by atoms with Crippen molar-refractivity contribution >= 4 is 63.8 Å². The highest BCUT2D eigenvalue weighted by atomic mass is 35.5. The summed E-state index contributed by atoms with van der Waals surface area (Å²) in [5.41, 5.74) is -3.54. The molecule has 6 nitrogen and oxygen atoms in total. The molecule has 0 spiro atoms. The number of ketones is 1. The van der Waals surface area contributed by atoms with Crippen molar-refractivity contribution in [3.05, 3.63) is 93.3 Å². The average molecular weight is 718 g/mol. The van der Waals surface area contributed by atoms with Gasteiger partial charge in [-0.1, -0.05) is 17.7 Å². The third kappa shape index (κ3) is 7.56. The van der Waals surface area contributed by atoms with E-state index in [0.29, 0.717) is 12.1 Å². The Hall–Kier alpha value is -3.46. The summed E-state index contributed by atoms with van der Waals surface area (Å²) in [5, 5.41) is 4.36. The van der Waals surface area contributed by atoms with Crippen LogP contribution in [0, 0.1) is 23.4 Å². The summed E-state index contributed by atoms with van der Waals surface area (Å²) < 4.78 is 110. The van der Waals surface area contributed by atoms with Crippen molar-refractivity contribution in [2.24, 2.45) is 5.92 Å². The molecule has 0 radical (unpaired) electrons. The molecule has 1 unspecified atom stereocenters. The lowest BCUT2D eigenvalue weighted by molar-refractivity contribution is -0.170. The summed E-state index contributed by atoms with van der Waals surface area (Å²) in [4.78, 5) is 38.1. The fraction of sp³-hybridized carbons (Fsp3) is 0.276. The number of benzene rings is 3. The molecule has 3 aromatic rings. The summed E-state index contributed by atoms with van der Waals surface area (Å²) in [5.74, 6) is -9.54. The topological polar surface area (TPSA) is 84.5 Å². The van der Waals surface area contributed by atoms with Gasteiger partial charge in [0.15, 0.2) is 11.6 Å². The highest BCUT2D eigenvalue weighted by Crippen LogP contribution is 2.65. The Labute approximate surface area is 269 Å². The number of rotatable bonds is 10. The van der Waals surface area contributed by atoms with Crippen LogP contribution in [0.3, 0.4) is 0 Å². The second-order valence-electron chi connectivity index (χ2n) is 10.1. The molecular weight excluding hydrogens is 699 g/mol. The van der Waals surface area contributed by atoms with Gasteiger partial charge in [-0.25, -0.2) is 13.2 Å². The van der Waals surface area contributed by atoms with Crippen molar-refractivity contribution in [3.63, 3.8) is 0 Å². The molecule has 2 amide bonds. The fourth-order valence-corrected chi connectivity index (χ4v) is 5.64. The molecule has 0 saturated heterocycles. The number of ether oxygens (including phenoxy) is 1. The lowest BCUT2D eigenvalue weighted by atomic mass is 10.0. The molecule has 17 heteroatoms. The Morgan fingerprint density at radius 3 is 2.24 bits per heavy atom. The van der Waals surface area contributed by atoms with Gasteiger partial charge in [-0.15, -0.1) is 23.2 Å². The first kappa shape index (κ1) is 35.4. The summed E-state index contributed by atoms with van der Waals surface area (Å²) in [7, 11) is 0. The van der Waals surface area contributed by atoms with Crippen molar-refractivity contribution in [1.82, 2.24) is 0 Å². The SMILES string of the molecule is CC(OC(F)F)C(=O)Cc1c(F)ccc(NC(=O)c2cc(NC(=O)[C@H]3[C@H](c4ccc(F)c(C(F)(F)F)c4)C3(Cl)Cl)ccc2Cl)c1F. The van der Waals surface area contributed by atoms with Gasteiger partial charge in [-0.05, 0) is 55.0 Å². The van der Waals surface area contributed by atoms with E-state index < -0.39 is 93.3 Å². The molecule has 4 rings (SSSR count). The number of carbonyl (C=O) groups is 3. The summed E-state index contributed by atoms with van der Waals surface area (Å²) in [6, 6.07) is 7.15. The number of halogens is 11. The maximum Gasteiger partial charge on any atom is 0.419 e. The third-order valence-corrected chi connectivity index (χ3v) is 8.29. The second-order valence-corrected chi connectivity index (χ2v) is 11.9. The van der Waals surface area contributed by atoms with Gasteiger partial charge in [0.2, 0.25) is 5.91 Å². The predicted molar refractivity (Wildman–Crippen MR) is 152 cm³/mol. The van der Waals surface area contributed by atoms with Gasteiger partial charge in [-0.3, -0.25) is 14.4 Å². The summed E-state index contributed by atoms with van der Waals surface area (Å²) in [6.07, 6.45) is -7.68. The minimum Gasteiger partial charge on any atom is -0.326 e. The molecule has 246 valence electrons. The van der Waals surface area contributed by atoms with Crippen LogP contribution in [-0.4, -0.2) is 34.6 Å². The highest BCUT2D eigenvalue weighted by Gasteiger charge is 2.67. The van der Waals surface area contributed by atoms with E-state index in [2.05, 4.69) is 15.4 Å². The summed E-state index contributed by atoms with van der Waals surface area (Å²) >= 11 is 18.5. The van der Waals surface area contributed by atoms with Gasteiger partial charge >= 0.3 is 12.8 Å². The van der Waals surface area contributed by atoms with Crippen LogP contribution < -0.4 is 10.6 Å². The highest BCUT2D eigenvalue weighted by molar-refractivity contribution is 6.53. The summed E-state index contributed by atoms with van der Waals surface area (Å²) in [6.45, 7) is -2.33. The van der Waals surface area contributed by atoms with Crippen LogP contribution in [0.1, 0.15) is 39.9 Å². The Kier molecular flexibility index (Phi) is 10.3. The monoisotopic (exact) mass is 716 g/mol. The predicted octanol–water partition coefficient (Wildman–Crippen LogP) is 8.29. The molecule has 0 heterocycles. The van der Waals surface area contributed by atoms with E-state index in [1.54, 1.807) is 0 Å². The normalized spacial score (nSPS) is 17.8. The van der Waals surface area contributed by atoms with Crippen LogP contribution in [0.15, 0.2) is 48.5 Å². The Balaban J connectivity index is 1.51. The first-order chi connectivity index (χ1) is 21.3. The zero-order chi connectivity index (χ0) is 34.3. The van der Waals surface area contributed by atoms with Crippen molar-refractivity contribution in [1.29, 1.82) is 0 Å². The van der Waals surface area contributed by atoms with E-state index in [1.165, 1.54) is 12.1 Å². The molecule has 1 fully saturated rings. The van der Waals surface area contributed by atoms with Crippen LogP contribution in [0.5, 0.6) is 0 Å².